The lowest BCUT2D eigenvalue weighted by molar-refractivity contribution is -0.116. The predicted molar refractivity (Wildman–Crippen MR) is 104 cm³/mol. The third kappa shape index (κ3) is 4.36. The fraction of sp³-hybridized carbons (Fsp3) is 0.105. The minimum atomic E-state index is -4.06. The topological polar surface area (TPSA) is 130 Å². The van der Waals surface area contributed by atoms with Gasteiger partial charge in [0.15, 0.2) is 0 Å². The maximum absolute atomic E-state index is 12.4. The number of carbonyl (C=O) groups excluding carboxylic acids is 2. The molecule has 0 radical (unpaired) electrons. The van der Waals surface area contributed by atoms with Crippen molar-refractivity contribution in [3.63, 3.8) is 0 Å². The first-order valence-electron chi connectivity index (χ1n) is 8.32. The van der Waals surface area contributed by atoms with Crippen LogP contribution in [0, 0.1) is 11.3 Å². The molecule has 0 saturated carbocycles. The standard InChI is InChI=1S/C19H16N4O5S/c1-28-19(25)22-29(26,27)15-7-5-14(6-8-15)21-18(24)12-23-10-9-16-13(11-20)3-2-4-17(16)23/h2-10H,12H2,1H3,(H,21,24)(H,22,25). The monoisotopic (exact) mass is 412 g/mol. The Kier molecular flexibility index (Phi) is 5.52. The van der Waals surface area contributed by atoms with Gasteiger partial charge in [-0.25, -0.2) is 17.9 Å². The highest BCUT2D eigenvalue weighted by Crippen LogP contribution is 2.20. The number of nitrogens with one attached hydrogen (secondary N) is 2. The van der Waals surface area contributed by atoms with Crippen molar-refractivity contribution in [3.8, 4) is 6.07 Å². The van der Waals surface area contributed by atoms with Crippen molar-refractivity contribution in [1.82, 2.24) is 9.29 Å². The first kappa shape index (κ1) is 19.9. The van der Waals surface area contributed by atoms with Crippen LogP contribution in [0.5, 0.6) is 0 Å². The van der Waals surface area contributed by atoms with Crippen molar-refractivity contribution in [2.75, 3.05) is 12.4 Å². The van der Waals surface area contributed by atoms with Gasteiger partial charge in [0.1, 0.15) is 6.54 Å². The summed E-state index contributed by atoms with van der Waals surface area (Å²) < 4.78 is 31.7. The lowest BCUT2D eigenvalue weighted by Gasteiger charge is -2.09. The molecule has 0 spiro atoms. The Morgan fingerprint density at radius 2 is 1.86 bits per heavy atom. The van der Waals surface area contributed by atoms with Crippen molar-refractivity contribution >= 4 is 38.6 Å². The van der Waals surface area contributed by atoms with Gasteiger partial charge in [-0.1, -0.05) is 6.07 Å². The van der Waals surface area contributed by atoms with Gasteiger partial charge in [0.05, 0.1) is 23.6 Å². The third-order valence-electron chi connectivity index (χ3n) is 4.10. The minimum absolute atomic E-state index is 0.0162. The molecule has 148 valence electrons. The summed E-state index contributed by atoms with van der Waals surface area (Å²) in [5.41, 5.74) is 1.68. The molecule has 0 aliphatic carbocycles. The second kappa shape index (κ2) is 8.04. The van der Waals surface area contributed by atoms with Gasteiger partial charge in [0.25, 0.3) is 10.0 Å². The van der Waals surface area contributed by atoms with Gasteiger partial charge in [0.2, 0.25) is 5.91 Å². The molecule has 29 heavy (non-hydrogen) atoms. The van der Waals surface area contributed by atoms with Crippen LogP contribution < -0.4 is 10.0 Å². The Bertz CT molecular complexity index is 1220. The molecule has 0 bridgehead atoms. The Labute approximate surface area is 166 Å². The van der Waals surface area contributed by atoms with Gasteiger partial charge in [-0.3, -0.25) is 4.79 Å². The molecule has 1 aromatic heterocycles. The molecule has 0 fully saturated rings. The summed E-state index contributed by atoms with van der Waals surface area (Å²) in [4.78, 5) is 23.3. The van der Waals surface area contributed by atoms with Crippen LogP contribution in [0.15, 0.2) is 59.6 Å². The molecule has 0 atom stereocenters. The van der Waals surface area contributed by atoms with E-state index in [0.29, 0.717) is 11.3 Å². The molecule has 2 amide bonds. The smallest absolute Gasteiger partial charge is 0.420 e. The molecule has 3 rings (SSSR count). The number of methoxy groups -OCH3 is 1. The van der Waals surface area contributed by atoms with Gasteiger partial charge in [-0.15, -0.1) is 0 Å². The number of sulfonamides is 1. The molecule has 10 heteroatoms. The molecule has 0 aliphatic heterocycles. The SMILES string of the molecule is COC(=O)NS(=O)(=O)c1ccc(NC(=O)Cn2ccc3c(C#N)cccc32)cc1. The molecular formula is C19H16N4O5S. The summed E-state index contributed by atoms with van der Waals surface area (Å²) in [5.74, 6) is -0.326. The fourth-order valence-electron chi connectivity index (χ4n) is 2.74. The lowest BCUT2D eigenvalue weighted by atomic mass is 10.1. The van der Waals surface area contributed by atoms with E-state index in [4.69, 9.17) is 5.26 Å². The molecule has 0 unspecified atom stereocenters. The zero-order valence-electron chi connectivity index (χ0n) is 15.2. The molecule has 0 saturated heterocycles. The van der Waals surface area contributed by atoms with Crippen LogP contribution in [0.25, 0.3) is 10.9 Å². The third-order valence-corrected chi connectivity index (χ3v) is 5.43. The van der Waals surface area contributed by atoms with Crippen LogP contribution in [-0.4, -0.2) is 32.1 Å². The van der Waals surface area contributed by atoms with Gasteiger partial charge >= 0.3 is 6.09 Å². The van der Waals surface area contributed by atoms with E-state index in [-0.39, 0.29) is 17.3 Å². The number of benzene rings is 2. The summed E-state index contributed by atoms with van der Waals surface area (Å²) in [5, 5.41) is 12.6. The molecule has 1 heterocycles. The fourth-order valence-corrected chi connectivity index (χ4v) is 3.66. The number of nitrogens with zero attached hydrogens (tertiary/aromatic N) is 2. The van der Waals surface area contributed by atoms with Crippen molar-refractivity contribution in [2.24, 2.45) is 0 Å². The molecular weight excluding hydrogens is 396 g/mol. The second-order valence-corrected chi connectivity index (χ2v) is 7.65. The van der Waals surface area contributed by atoms with Crippen LogP contribution in [0.2, 0.25) is 0 Å². The summed E-state index contributed by atoms with van der Waals surface area (Å²) >= 11 is 0. The maximum atomic E-state index is 12.4. The summed E-state index contributed by atoms with van der Waals surface area (Å²) in [7, 11) is -3.00. The Morgan fingerprint density at radius 3 is 2.52 bits per heavy atom. The minimum Gasteiger partial charge on any atom is -0.452 e. The number of hydrogen-bond donors (Lipinski definition) is 2. The normalized spacial score (nSPS) is 10.9. The second-order valence-electron chi connectivity index (χ2n) is 5.96. The van der Waals surface area contributed by atoms with E-state index in [1.807, 2.05) is 6.07 Å². The predicted octanol–water partition coefficient (Wildman–Crippen LogP) is 2.20. The number of hydrogen-bond acceptors (Lipinski definition) is 6. The molecule has 9 nitrogen and oxygen atoms in total. The number of nitriles is 1. The van der Waals surface area contributed by atoms with E-state index < -0.39 is 16.1 Å². The Balaban J connectivity index is 1.71. The summed E-state index contributed by atoms with van der Waals surface area (Å²) in [6.07, 6.45) is 0.625. The van der Waals surface area contributed by atoms with E-state index in [1.54, 1.807) is 33.7 Å². The van der Waals surface area contributed by atoms with Crippen LogP contribution in [0.1, 0.15) is 5.56 Å². The van der Waals surface area contributed by atoms with Gasteiger partial charge in [-0.2, -0.15) is 5.26 Å². The first-order valence-corrected chi connectivity index (χ1v) is 9.81. The van der Waals surface area contributed by atoms with Crippen molar-refractivity contribution in [3.05, 3.63) is 60.3 Å². The van der Waals surface area contributed by atoms with Crippen LogP contribution >= 0.6 is 0 Å². The molecule has 2 aromatic carbocycles. The first-order chi connectivity index (χ1) is 13.8. The van der Waals surface area contributed by atoms with E-state index in [9.17, 15) is 18.0 Å². The van der Waals surface area contributed by atoms with Crippen LogP contribution in [0.3, 0.4) is 0 Å². The number of carbonyl (C=O) groups is 2. The van der Waals surface area contributed by atoms with E-state index in [1.165, 1.54) is 24.3 Å². The zero-order valence-corrected chi connectivity index (χ0v) is 16.1. The largest absolute Gasteiger partial charge is 0.452 e. The van der Waals surface area contributed by atoms with Gasteiger partial charge < -0.3 is 14.6 Å². The highest BCUT2D eigenvalue weighted by molar-refractivity contribution is 7.90. The van der Waals surface area contributed by atoms with Crippen LogP contribution in [0.4, 0.5) is 10.5 Å². The Morgan fingerprint density at radius 1 is 1.14 bits per heavy atom. The van der Waals surface area contributed by atoms with Crippen molar-refractivity contribution in [2.45, 2.75) is 11.4 Å². The number of rotatable bonds is 5. The highest BCUT2D eigenvalue weighted by Gasteiger charge is 2.18. The van der Waals surface area contributed by atoms with Crippen LogP contribution in [-0.2, 0) is 26.1 Å². The maximum Gasteiger partial charge on any atom is 0.420 e. The summed E-state index contributed by atoms with van der Waals surface area (Å²) in [6.45, 7) is 0.0162. The van der Waals surface area contributed by atoms with Crippen molar-refractivity contribution < 1.29 is 22.7 Å². The number of ether oxygens (including phenoxy) is 1. The average molecular weight is 412 g/mol. The van der Waals surface area contributed by atoms with Crippen molar-refractivity contribution in [1.29, 1.82) is 5.26 Å². The van der Waals surface area contributed by atoms with E-state index in [2.05, 4.69) is 16.1 Å². The van der Waals surface area contributed by atoms with Gasteiger partial charge in [-0.05, 0) is 42.5 Å². The lowest BCUT2D eigenvalue weighted by Crippen LogP contribution is -2.30. The molecule has 0 aliphatic rings. The van der Waals surface area contributed by atoms with E-state index in [0.717, 1.165) is 18.0 Å². The van der Waals surface area contributed by atoms with E-state index >= 15 is 0 Å². The number of amides is 2. The average Bonchev–Trinajstić information content (AvgIpc) is 3.10. The molecule has 3 aromatic rings. The summed E-state index contributed by atoms with van der Waals surface area (Å²) in [6, 6.07) is 14.5. The number of aromatic nitrogens is 1. The Hall–Kier alpha value is -3.84. The quantitative estimate of drug-likeness (QED) is 0.661. The number of anilines is 1. The molecule has 2 N–H and O–H groups in total. The number of fused-ring (bicyclic) bond motifs is 1. The zero-order chi connectivity index (χ0) is 21.0. The highest BCUT2D eigenvalue weighted by atomic mass is 32.2. The van der Waals surface area contributed by atoms with Gasteiger partial charge in [0, 0.05) is 22.8 Å².